The zero-order chi connectivity index (χ0) is 14.0. The van der Waals surface area contributed by atoms with Crippen molar-refractivity contribution in [1.29, 1.82) is 0 Å². The molecule has 3 N–H and O–H groups in total. The average Bonchev–Trinajstić information content (AvgIpc) is 2.34. The van der Waals surface area contributed by atoms with E-state index in [1.54, 1.807) is 12.1 Å². The third-order valence-corrected chi connectivity index (χ3v) is 3.97. The van der Waals surface area contributed by atoms with Crippen molar-refractivity contribution in [1.82, 2.24) is 0 Å². The second-order valence-corrected chi connectivity index (χ2v) is 5.83. The van der Waals surface area contributed by atoms with E-state index in [1.165, 1.54) is 24.3 Å². The fourth-order valence-corrected chi connectivity index (χ4v) is 2.62. The van der Waals surface area contributed by atoms with Crippen LogP contribution in [-0.2, 0) is 10.0 Å². The van der Waals surface area contributed by atoms with Gasteiger partial charge in [-0.15, -0.1) is 0 Å². The van der Waals surface area contributed by atoms with Gasteiger partial charge < -0.3 is 5.73 Å². The van der Waals surface area contributed by atoms with E-state index < -0.39 is 15.8 Å². The van der Waals surface area contributed by atoms with Gasteiger partial charge in [0.1, 0.15) is 5.82 Å². The van der Waals surface area contributed by atoms with E-state index in [-0.39, 0.29) is 16.3 Å². The summed E-state index contributed by atoms with van der Waals surface area (Å²) in [5.41, 5.74) is 6.75. The highest BCUT2D eigenvalue weighted by molar-refractivity contribution is 7.92. The molecule has 0 bridgehead atoms. The summed E-state index contributed by atoms with van der Waals surface area (Å²) >= 11 is 0. The summed E-state index contributed by atoms with van der Waals surface area (Å²) in [5, 5.41) is 0. The van der Waals surface area contributed by atoms with Crippen molar-refractivity contribution in [3.8, 4) is 0 Å². The molecule has 19 heavy (non-hydrogen) atoms. The molecule has 2 aromatic rings. The first kappa shape index (κ1) is 13.4. The number of nitrogens with two attached hydrogens (primary N) is 1. The molecular weight excluding hydrogens is 267 g/mol. The van der Waals surface area contributed by atoms with Crippen molar-refractivity contribution < 1.29 is 12.8 Å². The van der Waals surface area contributed by atoms with Crippen LogP contribution in [0.4, 0.5) is 15.8 Å². The van der Waals surface area contributed by atoms with Crippen LogP contribution >= 0.6 is 0 Å². The van der Waals surface area contributed by atoms with Crippen molar-refractivity contribution in [3.05, 3.63) is 53.8 Å². The zero-order valence-electron chi connectivity index (χ0n) is 10.2. The number of nitrogen functional groups attached to an aromatic ring is 1. The molecule has 0 atom stereocenters. The van der Waals surface area contributed by atoms with Gasteiger partial charge in [0.25, 0.3) is 10.0 Å². The second-order valence-electron chi connectivity index (χ2n) is 4.15. The van der Waals surface area contributed by atoms with E-state index in [4.69, 9.17) is 5.73 Å². The predicted molar refractivity (Wildman–Crippen MR) is 72.8 cm³/mol. The van der Waals surface area contributed by atoms with Gasteiger partial charge in [-0.25, -0.2) is 12.8 Å². The van der Waals surface area contributed by atoms with E-state index in [9.17, 15) is 12.8 Å². The number of rotatable bonds is 3. The lowest BCUT2D eigenvalue weighted by atomic mass is 10.2. The molecular formula is C13H13FN2O2S. The molecule has 0 aliphatic heterocycles. The highest BCUT2D eigenvalue weighted by atomic mass is 32.2. The van der Waals surface area contributed by atoms with Crippen LogP contribution in [0.3, 0.4) is 0 Å². The Balaban J connectivity index is 2.36. The summed E-state index contributed by atoms with van der Waals surface area (Å²) < 4.78 is 39.5. The third-order valence-electron chi connectivity index (χ3n) is 2.59. The highest BCUT2D eigenvalue weighted by Gasteiger charge is 2.15. The van der Waals surface area contributed by atoms with E-state index in [1.807, 2.05) is 6.92 Å². The maximum absolute atomic E-state index is 13.1. The van der Waals surface area contributed by atoms with Gasteiger partial charge in [0.2, 0.25) is 0 Å². The Hall–Kier alpha value is -2.08. The van der Waals surface area contributed by atoms with Crippen LogP contribution in [0.25, 0.3) is 0 Å². The van der Waals surface area contributed by atoms with E-state index in [0.29, 0.717) is 0 Å². The molecule has 6 heteroatoms. The van der Waals surface area contributed by atoms with Crippen LogP contribution in [0.15, 0.2) is 47.4 Å². The molecule has 0 saturated carbocycles. The largest absolute Gasteiger partial charge is 0.397 e. The first-order chi connectivity index (χ1) is 8.88. The first-order valence-electron chi connectivity index (χ1n) is 5.53. The highest BCUT2D eigenvalue weighted by Crippen LogP contribution is 2.23. The molecule has 2 rings (SSSR count). The van der Waals surface area contributed by atoms with Crippen molar-refractivity contribution in [2.24, 2.45) is 0 Å². The Morgan fingerprint density at radius 3 is 2.37 bits per heavy atom. The summed E-state index contributed by atoms with van der Waals surface area (Å²) in [6, 6.07) is 9.84. The topological polar surface area (TPSA) is 72.2 Å². The molecule has 2 aromatic carbocycles. The normalized spacial score (nSPS) is 11.3. The fraction of sp³-hybridized carbons (Fsp3) is 0.0769. The Morgan fingerprint density at radius 1 is 1.11 bits per heavy atom. The third kappa shape index (κ3) is 3.03. The number of sulfonamides is 1. The van der Waals surface area contributed by atoms with E-state index >= 15 is 0 Å². The molecule has 0 aromatic heterocycles. The molecule has 0 saturated heterocycles. The summed E-state index contributed by atoms with van der Waals surface area (Å²) in [7, 11) is -3.77. The van der Waals surface area contributed by atoms with E-state index in [0.717, 1.165) is 11.6 Å². The predicted octanol–water partition coefficient (Wildman–Crippen LogP) is 2.52. The van der Waals surface area contributed by atoms with Gasteiger partial charge in [-0.05, 0) is 31.2 Å². The smallest absolute Gasteiger partial charge is 0.261 e. The van der Waals surface area contributed by atoms with Crippen molar-refractivity contribution in [3.63, 3.8) is 0 Å². The van der Waals surface area contributed by atoms with Gasteiger partial charge >= 0.3 is 0 Å². The first-order valence-corrected chi connectivity index (χ1v) is 7.01. The monoisotopic (exact) mass is 280 g/mol. The van der Waals surface area contributed by atoms with Crippen LogP contribution in [0.5, 0.6) is 0 Å². The van der Waals surface area contributed by atoms with Gasteiger partial charge in [0.15, 0.2) is 0 Å². The summed E-state index contributed by atoms with van der Waals surface area (Å²) in [6.45, 7) is 1.86. The number of anilines is 2. The number of hydrogen-bond acceptors (Lipinski definition) is 3. The molecule has 0 unspecified atom stereocenters. The Bertz CT molecular complexity index is 697. The van der Waals surface area contributed by atoms with Crippen molar-refractivity contribution in [2.75, 3.05) is 10.5 Å². The number of hydrogen-bond donors (Lipinski definition) is 2. The molecule has 0 heterocycles. The number of nitrogens with one attached hydrogen (secondary N) is 1. The molecule has 0 amide bonds. The molecule has 0 aliphatic rings. The SMILES string of the molecule is Cc1ccc(S(=O)(=O)Nc2cc(F)ccc2N)cc1. The lowest BCUT2D eigenvalue weighted by Crippen LogP contribution is -2.14. The molecule has 0 fully saturated rings. The van der Waals surface area contributed by atoms with Gasteiger partial charge in [-0.3, -0.25) is 4.72 Å². The lowest BCUT2D eigenvalue weighted by Gasteiger charge is -2.10. The average molecular weight is 280 g/mol. The van der Waals surface area contributed by atoms with Crippen LogP contribution in [0.1, 0.15) is 5.56 Å². The van der Waals surface area contributed by atoms with Gasteiger partial charge in [-0.1, -0.05) is 17.7 Å². The minimum absolute atomic E-state index is 0.0283. The Kier molecular flexibility index (Phi) is 3.44. The zero-order valence-corrected chi connectivity index (χ0v) is 11.0. The molecule has 0 spiro atoms. The fourth-order valence-electron chi connectivity index (χ4n) is 1.54. The maximum atomic E-state index is 13.1. The van der Waals surface area contributed by atoms with E-state index in [2.05, 4.69) is 4.72 Å². The Labute approximate surface area is 111 Å². The lowest BCUT2D eigenvalue weighted by molar-refractivity contribution is 0.601. The number of benzene rings is 2. The van der Waals surface area contributed by atoms with Crippen molar-refractivity contribution in [2.45, 2.75) is 11.8 Å². The van der Waals surface area contributed by atoms with Gasteiger partial charge in [0.05, 0.1) is 16.3 Å². The standard InChI is InChI=1S/C13H13FN2O2S/c1-9-2-5-11(6-3-9)19(17,18)16-13-8-10(14)4-7-12(13)15/h2-8,16H,15H2,1H3. The Morgan fingerprint density at radius 2 is 1.74 bits per heavy atom. The number of aryl methyl sites for hydroxylation is 1. The maximum Gasteiger partial charge on any atom is 0.261 e. The summed E-state index contributed by atoms with van der Waals surface area (Å²) in [4.78, 5) is 0.0989. The van der Waals surface area contributed by atoms with Crippen LogP contribution < -0.4 is 10.5 Å². The molecule has 0 radical (unpaired) electrons. The molecule has 100 valence electrons. The second kappa shape index (κ2) is 4.89. The van der Waals surface area contributed by atoms with Crippen LogP contribution in [-0.4, -0.2) is 8.42 Å². The minimum atomic E-state index is -3.77. The van der Waals surface area contributed by atoms with Crippen LogP contribution in [0, 0.1) is 12.7 Å². The number of halogens is 1. The van der Waals surface area contributed by atoms with Gasteiger partial charge in [0, 0.05) is 6.07 Å². The summed E-state index contributed by atoms with van der Waals surface area (Å²) in [6.07, 6.45) is 0. The van der Waals surface area contributed by atoms with Gasteiger partial charge in [-0.2, -0.15) is 0 Å². The summed E-state index contributed by atoms with van der Waals surface area (Å²) in [5.74, 6) is -0.559. The molecule has 0 aliphatic carbocycles. The van der Waals surface area contributed by atoms with Crippen LogP contribution in [0.2, 0.25) is 0 Å². The molecule has 4 nitrogen and oxygen atoms in total. The quantitative estimate of drug-likeness (QED) is 0.848. The minimum Gasteiger partial charge on any atom is -0.397 e. The van der Waals surface area contributed by atoms with Crippen molar-refractivity contribution >= 4 is 21.4 Å².